The minimum atomic E-state index is -0.0899. The molecule has 0 spiro atoms. The maximum absolute atomic E-state index is 10.3. The van der Waals surface area contributed by atoms with Gasteiger partial charge in [-0.25, -0.2) is 0 Å². The van der Waals surface area contributed by atoms with Gasteiger partial charge in [-0.2, -0.15) is 0 Å². The highest BCUT2D eigenvalue weighted by atomic mass is 16.3. The normalized spacial score (nSPS) is 45.6. The Balaban J connectivity index is 1.53. The van der Waals surface area contributed by atoms with Crippen molar-refractivity contribution < 1.29 is 5.11 Å². The molecule has 0 saturated heterocycles. The van der Waals surface area contributed by atoms with Gasteiger partial charge in [0.1, 0.15) is 0 Å². The van der Waals surface area contributed by atoms with Crippen LogP contribution in [0.2, 0.25) is 0 Å². The van der Waals surface area contributed by atoms with Crippen molar-refractivity contribution in [3.8, 4) is 0 Å². The first-order valence-corrected chi connectivity index (χ1v) is 13.6. The molecule has 0 amide bonds. The number of allylic oxidation sites excluding steroid dienone is 3. The van der Waals surface area contributed by atoms with E-state index in [1.165, 1.54) is 44.9 Å². The Morgan fingerprint density at radius 2 is 1.84 bits per heavy atom. The second-order valence-corrected chi connectivity index (χ2v) is 13.1. The molecule has 176 valence electrons. The lowest BCUT2D eigenvalue weighted by Crippen LogP contribution is -2.50. The minimum Gasteiger partial charge on any atom is -0.393 e. The molecule has 0 aromatic carbocycles. The van der Waals surface area contributed by atoms with Crippen LogP contribution in [0.5, 0.6) is 0 Å². The number of aliphatic hydroxyl groups excluding tert-OH is 1. The van der Waals surface area contributed by atoms with Crippen LogP contribution in [-0.4, -0.2) is 11.2 Å². The maximum Gasteiger partial charge on any atom is 0.0577 e. The molecular weight excluding hydrogens is 376 g/mol. The van der Waals surface area contributed by atoms with Crippen LogP contribution < -0.4 is 0 Å². The SMILES string of the molecule is CC[C@@](C)(/C=C/[C@@H](C)[C@H]1CC[C@H]2[C@@H]3CC=C4C[C@@H](O)CC[C@]4(C)[C@H]3CC[C@]12C)C(C)C. The average Bonchev–Trinajstić information content (AvgIpc) is 3.09. The van der Waals surface area contributed by atoms with E-state index >= 15 is 0 Å². The largest absolute Gasteiger partial charge is 0.393 e. The van der Waals surface area contributed by atoms with Crippen LogP contribution in [0.1, 0.15) is 106 Å². The fourth-order valence-electron chi connectivity index (χ4n) is 8.77. The third-order valence-corrected chi connectivity index (χ3v) is 11.6. The number of fused-ring (bicyclic) bond motifs is 5. The summed E-state index contributed by atoms with van der Waals surface area (Å²) in [6.45, 7) is 17.3. The van der Waals surface area contributed by atoms with Crippen LogP contribution in [0.3, 0.4) is 0 Å². The number of aliphatic hydroxyl groups is 1. The predicted molar refractivity (Wildman–Crippen MR) is 133 cm³/mol. The fraction of sp³-hybridized carbons (Fsp3) is 0.867. The van der Waals surface area contributed by atoms with Crippen molar-refractivity contribution in [2.75, 3.05) is 0 Å². The van der Waals surface area contributed by atoms with E-state index in [1.807, 2.05) is 0 Å². The molecule has 0 heterocycles. The zero-order valence-corrected chi connectivity index (χ0v) is 21.6. The first-order valence-electron chi connectivity index (χ1n) is 13.6. The monoisotopic (exact) mass is 426 g/mol. The first-order chi connectivity index (χ1) is 14.5. The number of hydrogen-bond donors (Lipinski definition) is 1. The number of rotatable bonds is 5. The highest BCUT2D eigenvalue weighted by Gasteiger charge is 2.59. The molecule has 0 bridgehead atoms. The van der Waals surface area contributed by atoms with Crippen LogP contribution in [0.4, 0.5) is 0 Å². The highest BCUT2D eigenvalue weighted by Crippen LogP contribution is 2.67. The van der Waals surface area contributed by atoms with Crippen molar-refractivity contribution >= 4 is 0 Å². The summed E-state index contributed by atoms with van der Waals surface area (Å²) in [6, 6.07) is 0. The molecule has 1 nitrogen and oxygen atoms in total. The molecule has 4 rings (SSSR count). The first kappa shape index (κ1) is 23.6. The summed E-state index contributed by atoms with van der Waals surface area (Å²) >= 11 is 0. The van der Waals surface area contributed by atoms with Crippen molar-refractivity contribution in [1.82, 2.24) is 0 Å². The Labute approximate surface area is 193 Å². The van der Waals surface area contributed by atoms with Gasteiger partial charge in [-0.15, -0.1) is 0 Å². The van der Waals surface area contributed by atoms with E-state index in [4.69, 9.17) is 0 Å². The van der Waals surface area contributed by atoms with E-state index in [2.05, 4.69) is 66.7 Å². The van der Waals surface area contributed by atoms with E-state index in [1.54, 1.807) is 5.57 Å². The predicted octanol–water partition coefficient (Wildman–Crippen LogP) is 8.19. The zero-order chi connectivity index (χ0) is 22.6. The van der Waals surface area contributed by atoms with E-state index < -0.39 is 0 Å². The van der Waals surface area contributed by atoms with Gasteiger partial charge in [-0.05, 0) is 110 Å². The summed E-state index contributed by atoms with van der Waals surface area (Å²) in [4.78, 5) is 0. The minimum absolute atomic E-state index is 0.0899. The summed E-state index contributed by atoms with van der Waals surface area (Å²) in [6.07, 6.45) is 19.0. The molecule has 1 N–H and O–H groups in total. The molecule has 3 saturated carbocycles. The smallest absolute Gasteiger partial charge is 0.0577 e. The molecule has 31 heavy (non-hydrogen) atoms. The van der Waals surface area contributed by atoms with Crippen LogP contribution >= 0.6 is 0 Å². The molecule has 4 aliphatic carbocycles. The summed E-state index contributed by atoms with van der Waals surface area (Å²) in [5.41, 5.74) is 2.82. The summed E-state index contributed by atoms with van der Waals surface area (Å²) < 4.78 is 0. The molecule has 1 heteroatoms. The molecule has 9 atom stereocenters. The molecular formula is C30H50O. The standard InChI is InChI=1S/C30H50O/c1-8-28(5,20(2)3)16-13-21(4)25-11-12-26-24-10-9-22-19-23(31)14-17-29(22,6)27(24)15-18-30(25,26)7/h9,13,16,20-21,23-27,31H,8,10-12,14-15,17-19H2,1-7H3/b16-13+/t21-,23+,24+,25-,26+,27+,28+,29+,30-/m1/s1. The van der Waals surface area contributed by atoms with E-state index in [0.717, 1.165) is 36.5 Å². The van der Waals surface area contributed by atoms with Crippen molar-refractivity contribution in [3.05, 3.63) is 23.8 Å². The van der Waals surface area contributed by atoms with Gasteiger partial charge in [0.25, 0.3) is 0 Å². The lowest BCUT2D eigenvalue weighted by Gasteiger charge is -2.58. The molecule has 0 aromatic heterocycles. The van der Waals surface area contributed by atoms with Gasteiger partial charge in [0.2, 0.25) is 0 Å². The Bertz CT molecular complexity index is 718. The van der Waals surface area contributed by atoms with Gasteiger partial charge in [0, 0.05) is 0 Å². The average molecular weight is 427 g/mol. The van der Waals surface area contributed by atoms with Crippen LogP contribution in [0, 0.1) is 51.8 Å². The molecule has 0 unspecified atom stereocenters. The van der Waals surface area contributed by atoms with Crippen molar-refractivity contribution in [2.24, 2.45) is 51.8 Å². The molecule has 3 fully saturated rings. The lowest BCUT2D eigenvalue weighted by atomic mass is 9.47. The quantitative estimate of drug-likeness (QED) is 0.439. The van der Waals surface area contributed by atoms with E-state index in [0.29, 0.717) is 28.1 Å². The second kappa shape index (κ2) is 8.34. The van der Waals surface area contributed by atoms with Gasteiger partial charge in [-0.1, -0.05) is 72.3 Å². The van der Waals surface area contributed by atoms with Gasteiger partial charge in [0.05, 0.1) is 6.10 Å². The van der Waals surface area contributed by atoms with Crippen molar-refractivity contribution in [3.63, 3.8) is 0 Å². The molecule has 0 radical (unpaired) electrons. The Hall–Kier alpha value is -0.560. The summed E-state index contributed by atoms with van der Waals surface area (Å²) in [5, 5.41) is 10.3. The molecule has 0 aliphatic heterocycles. The Morgan fingerprint density at radius 1 is 1.10 bits per heavy atom. The summed E-state index contributed by atoms with van der Waals surface area (Å²) in [5.74, 6) is 4.85. The molecule has 4 aliphatic rings. The van der Waals surface area contributed by atoms with E-state index in [9.17, 15) is 5.11 Å². The van der Waals surface area contributed by atoms with Crippen molar-refractivity contribution in [2.45, 2.75) is 112 Å². The third kappa shape index (κ3) is 3.79. The number of hydrogen-bond acceptors (Lipinski definition) is 1. The lowest BCUT2D eigenvalue weighted by molar-refractivity contribution is -0.0541. The maximum atomic E-state index is 10.3. The third-order valence-electron chi connectivity index (χ3n) is 11.6. The second-order valence-electron chi connectivity index (χ2n) is 13.1. The van der Waals surface area contributed by atoms with Crippen LogP contribution in [-0.2, 0) is 0 Å². The molecule has 0 aromatic rings. The van der Waals surface area contributed by atoms with Gasteiger partial charge >= 0.3 is 0 Å². The van der Waals surface area contributed by atoms with Gasteiger partial charge in [0.15, 0.2) is 0 Å². The van der Waals surface area contributed by atoms with Crippen LogP contribution in [0.25, 0.3) is 0 Å². The topological polar surface area (TPSA) is 20.2 Å². The zero-order valence-electron chi connectivity index (χ0n) is 21.6. The van der Waals surface area contributed by atoms with Gasteiger partial charge < -0.3 is 5.11 Å². The van der Waals surface area contributed by atoms with Crippen molar-refractivity contribution in [1.29, 1.82) is 0 Å². The fourth-order valence-corrected chi connectivity index (χ4v) is 8.77. The Kier molecular flexibility index (Phi) is 6.35. The van der Waals surface area contributed by atoms with E-state index in [-0.39, 0.29) is 6.10 Å². The summed E-state index contributed by atoms with van der Waals surface area (Å²) in [7, 11) is 0. The van der Waals surface area contributed by atoms with Gasteiger partial charge in [-0.3, -0.25) is 0 Å². The van der Waals surface area contributed by atoms with Crippen LogP contribution in [0.15, 0.2) is 23.8 Å². The highest BCUT2D eigenvalue weighted by molar-refractivity contribution is 5.25. The Morgan fingerprint density at radius 3 is 2.52 bits per heavy atom.